The molecule has 128 valence electrons. The maximum Gasteiger partial charge on any atom is 0.407 e. The Balaban J connectivity index is 1.54. The first-order valence-electron chi connectivity index (χ1n) is 7.80. The zero-order valence-electron chi connectivity index (χ0n) is 13.3. The maximum absolute atomic E-state index is 11.9. The summed E-state index contributed by atoms with van der Waals surface area (Å²) in [6.07, 6.45) is 3.20. The molecule has 2 aromatic rings. The smallest absolute Gasteiger partial charge is 0.407 e. The van der Waals surface area contributed by atoms with Gasteiger partial charge in [-0.3, -0.25) is 4.79 Å². The van der Waals surface area contributed by atoms with Gasteiger partial charge >= 0.3 is 6.09 Å². The normalized spacial score (nSPS) is 11.7. The lowest BCUT2D eigenvalue weighted by Gasteiger charge is -2.09. The molecular weight excluding hydrogens is 326 g/mol. The lowest BCUT2D eigenvalue weighted by Crippen LogP contribution is -2.31. The van der Waals surface area contributed by atoms with Gasteiger partial charge in [0.25, 0.3) is 0 Å². The number of nitrogens with zero attached hydrogens (tertiary/aromatic N) is 1. The zero-order chi connectivity index (χ0) is 17.2. The van der Waals surface area contributed by atoms with Crippen LogP contribution in [0, 0.1) is 0 Å². The number of Topliss-reactive ketones (excluding diaryl/α,β-unsaturated/α-hetero) is 1. The summed E-state index contributed by atoms with van der Waals surface area (Å²) in [5.41, 5.74) is 6.81. The summed E-state index contributed by atoms with van der Waals surface area (Å²) in [6, 6.07) is 8.95. The number of hydrogen-bond acceptors (Lipinski definition) is 6. The second kappa shape index (κ2) is 9.79. The summed E-state index contributed by atoms with van der Waals surface area (Å²) >= 11 is 1.30. The molecule has 1 unspecified atom stereocenters. The molecule has 0 fully saturated rings. The molecular formula is C17H21N3O3S. The standard InChI is InChI=1S/C17H21N3O3S/c18-14(15(21)16-19-10-11-24-16)8-4-5-9-20-17(22)23-12-13-6-2-1-3-7-13/h1-3,6-7,10-11,14H,4-5,8-9,12,18H2,(H,20,22). The van der Waals surface area contributed by atoms with Crippen molar-refractivity contribution in [2.75, 3.05) is 6.54 Å². The first kappa shape index (κ1) is 18.1. The van der Waals surface area contributed by atoms with Gasteiger partial charge < -0.3 is 15.8 Å². The van der Waals surface area contributed by atoms with Gasteiger partial charge in [0.15, 0.2) is 5.01 Å². The molecule has 1 atom stereocenters. The van der Waals surface area contributed by atoms with Crippen molar-refractivity contribution in [2.24, 2.45) is 5.73 Å². The highest BCUT2D eigenvalue weighted by atomic mass is 32.1. The summed E-state index contributed by atoms with van der Waals surface area (Å²) in [4.78, 5) is 27.5. The number of ketones is 1. The van der Waals surface area contributed by atoms with Crippen molar-refractivity contribution in [1.82, 2.24) is 10.3 Å². The molecule has 24 heavy (non-hydrogen) atoms. The van der Waals surface area contributed by atoms with Gasteiger partial charge in [-0.05, 0) is 24.8 Å². The number of unbranched alkanes of at least 4 members (excludes halogenated alkanes) is 1. The molecule has 7 heteroatoms. The molecule has 6 nitrogen and oxygen atoms in total. The summed E-state index contributed by atoms with van der Waals surface area (Å²) in [5.74, 6) is -0.125. The number of amides is 1. The SMILES string of the molecule is NC(CCCCNC(=O)OCc1ccccc1)C(=O)c1nccs1. The van der Waals surface area contributed by atoms with Crippen LogP contribution < -0.4 is 11.1 Å². The van der Waals surface area contributed by atoms with Crippen LogP contribution in [0.2, 0.25) is 0 Å². The number of thiazole rings is 1. The van der Waals surface area contributed by atoms with Crippen LogP contribution in [0.25, 0.3) is 0 Å². The maximum atomic E-state index is 11.9. The van der Waals surface area contributed by atoms with Crippen LogP contribution in [0.5, 0.6) is 0 Å². The van der Waals surface area contributed by atoms with E-state index >= 15 is 0 Å². The third-order valence-electron chi connectivity index (χ3n) is 3.40. The average molecular weight is 347 g/mol. The average Bonchev–Trinajstić information content (AvgIpc) is 3.14. The fourth-order valence-corrected chi connectivity index (χ4v) is 2.73. The molecule has 0 spiro atoms. The Labute approximate surface area is 145 Å². The molecule has 0 bridgehead atoms. The minimum absolute atomic E-state index is 0.125. The van der Waals surface area contributed by atoms with E-state index in [2.05, 4.69) is 10.3 Å². The lowest BCUT2D eigenvalue weighted by atomic mass is 10.1. The molecule has 2 rings (SSSR count). The summed E-state index contributed by atoms with van der Waals surface area (Å²) in [5, 5.41) is 4.89. The zero-order valence-corrected chi connectivity index (χ0v) is 14.1. The number of hydrogen-bond donors (Lipinski definition) is 2. The van der Waals surface area contributed by atoms with Crippen LogP contribution in [-0.2, 0) is 11.3 Å². The predicted octanol–water partition coefficient (Wildman–Crippen LogP) is 2.75. The van der Waals surface area contributed by atoms with Crippen molar-refractivity contribution >= 4 is 23.2 Å². The molecule has 1 amide bonds. The van der Waals surface area contributed by atoms with Gasteiger partial charge in [0.05, 0.1) is 6.04 Å². The first-order valence-corrected chi connectivity index (χ1v) is 8.68. The van der Waals surface area contributed by atoms with Crippen LogP contribution in [0.15, 0.2) is 41.9 Å². The summed E-state index contributed by atoms with van der Waals surface area (Å²) < 4.78 is 5.11. The third kappa shape index (κ3) is 6.10. The summed E-state index contributed by atoms with van der Waals surface area (Å²) in [7, 11) is 0. The van der Waals surface area contributed by atoms with Gasteiger partial charge in [0, 0.05) is 18.1 Å². The van der Waals surface area contributed by atoms with Crippen LogP contribution in [-0.4, -0.2) is 29.4 Å². The van der Waals surface area contributed by atoms with E-state index in [9.17, 15) is 9.59 Å². The predicted molar refractivity (Wildman–Crippen MR) is 92.9 cm³/mol. The van der Waals surface area contributed by atoms with E-state index in [1.54, 1.807) is 11.6 Å². The Morgan fingerprint density at radius 3 is 2.75 bits per heavy atom. The molecule has 0 saturated heterocycles. The molecule has 0 radical (unpaired) electrons. The highest BCUT2D eigenvalue weighted by molar-refractivity contribution is 7.11. The topological polar surface area (TPSA) is 94.3 Å². The molecule has 0 saturated carbocycles. The van der Waals surface area contributed by atoms with Crippen LogP contribution in [0.1, 0.15) is 34.6 Å². The number of rotatable bonds is 9. The number of benzene rings is 1. The second-order valence-corrected chi connectivity index (χ2v) is 6.19. The number of ether oxygens (including phenoxy) is 1. The highest BCUT2D eigenvalue weighted by Gasteiger charge is 2.17. The number of carbonyl (C=O) groups is 2. The van der Waals surface area contributed by atoms with E-state index in [4.69, 9.17) is 10.5 Å². The van der Waals surface area contributed by atoms with E-state index in [0.717, 1.165) is 18.4 Å². The Kier molecular flexibility index (Phi) is 7.38. The minimum atomic E-state index is -0.541. The molecule has 0 aliphatic heterocycles. The highest BCUT2D eigenvalue weighted by Crippen LogP contribution is 2.10. The van der Waals surface area contributed by atoms with Gasteiger partial charge in [0.2, 0.25) is 5.78 Å². The molecule has 3 N–H and O–H groups in total. The van der Waals surface area contributed by atoms with E-state index < -0.39 is 12.1 Å². The number of nitrogens with one attached hydrogen (secondary N) is 1. The van der Waals surface area contributed by atoms with E-state index in [-0.39, 0.29) is 12.4 Å². The Morgan fingerprint density at radius 1 is 1.25 bits per heavy atom. The molecule has 1 aromatic carbocycles. The number of aromatic nitrogens is 1. The Morgan fingerprint density at radius 2 is 2.04 bits per heavy atom. The van der Waals surface area contributed by atoms with Crippen molar-refractivity contribution in [3.63, 3.8) is 0 Å². The lowest BCUT2D eigenvalue weighted by molar-refractivity contribution is 0.0955. The number of nitrogens with two attached hydrogens (primary N) is 1. The fourth-order valence-electron chi connectivity index (χ4n) is 2.09. The molecule has 0 aliphatic rings. The molecule has 1 aromatic heterocycles. The van der Waals surface area contributed by atoms with E-state index in [1.165, 1.54) is 11.3 Å². The molecule has 1 heterocycles. The van der Waals surface area contributed by atoms with Crippen molar-refractivity contribution in [1.29, 1.82) is 0 Å². The second-order valence-electron chi connectivity index (χ2n) is 5.29. The van der Waals surface area contributed by atoms with Gasteiger partial charge in [-0.1, -0.05) is 30.3 Å². The monoisotopic (exact) mass is 347 g/mol. The van der Waals surface area contributed by atoms with Gasteiger partial charge in [-0.15, -0.1) is 11.3 Å². The Bertz CT molecular complexity index is 632. The van der Waals surface area contributed by atoms with E-state index in [1.807, 2.05) is 30.3 Å². The summed E-state index contributed by atoms with van der Waals surface area (Å²) in [6.45, 7) is 0.742. The quantitative estimate of drug-likeness (QED) is 0.537. The van der Waals surface area contributed by atoms with Crippen molar-refractivity contribution in [3.8, 4) is 0 Å². The first-order chi connectivity index (χ1) is 11.7. The van der Waals surface area contributed by atoms with Gasteiger partial charge in [0.1, 0.15) is 6.61 Å². The largest absolute Gasteiger partial charge is 0.445 e. The Hall–Kier alpha value is -2.25. The van der Waals surface area contributed by atoms with Gasteiger partial charge in [-0.2, -0.15) is 0 Å². The van der Waals surface area contributed by atoms with Crippen molar-refractivity contribution in [3.05, 3.63) is 52.5 Å². The van der Waals surface area contributed by atoms with E-state index in [0.29, 0.717) is 18.0 Å². The van der Waals surface area contributed by atoms with Crippen molar-refractivity contribution in [2.45, 2.75) is 31.9 Å². The minimum Gasteiger partial charge on any atom is -0.445 e. The van der Waals surface area contributed by atoms with Crippen LogP contribution in [0.3, 0.4) is 0 Å². The number of carbonyl (C=O) groups excluding carboxylic acids is 2. The van der Waals surface area contributed by atoms with Crippen LogP contribution in [0.4, 0.5) is 4.79 Å². The van der Waals surface area contributed by atoms with Gasteiger partial charge in [-0.25, -0.2) is 9.78 Å². The van der Waals surface area contributed by atoms with Crippen LogP contribution >= 0.6 is 11.3 Å². The number of alkyl carbamates (subject to hydrolysis) is 1. The third-order valence-corrected chi connectivity index (χ3v) is 4.19. The fraction of sp³-hybridized carbons (Fsp3) is 0.353. The molecule has 0 aliphatic carbocycles. The van der Waals surface area contributed by atoms with Crippen molar-refractivity contribution < 1.29 is 14.3 Å².